The molecular weight excluding hydrogens is 190 g/mol. The number of piperidine rings is 1. The SMILES string of the molecule is N#C[C@@H]1C[C@@H]2C[C@@H]2N1C(=O)C1CCCN1. The Morgan fingerprint density at radius 3 is 3.00 bits per heavy atom. The number of hydrogen-bond acceptors (Lipinski definition) is 3. The zero-order valence-corrected chi connectivity index (χ0v) is 8.65. The van der Waals surface area contributed by atoms with Gasteiger partial charge in [-0.1, -0.05) is 0 Å². The second-order valence-electron chi connectivity index (χ2n) is 4.84. The van der Waals surface area contributed by atoms with Crippen LogP contribution in [0.5, 0.6) is 0 Å². The molecule has 15 heavy (non-hydrogen) atoms. The van der Waals surface area contributed by atoms with Crippen LogP contribution in [0.3, 0.4) is 0 Å². The van der Waals surface area contributed by atoms with Crippen molar-refractivity contribution in [3.05, 3.63) is 0 Å². The van der Waals surface area contributed by atoms with E-state index in [4.69, 9.17) is 5.26 Å². The van der Waals surface area contributed by atoms with Gasteiger partial charge in [0.05, 0.1) is 12.1 Å². The van der Waals surface area contributed by atoms with E-state index in [0.717, 1.165) is 32.2 Å². The summed E-state index contributed by atoms with van der Waals surface area (Å²) in [5.74, 6) is 0.795. The highest BCUT2D eigenvalue weighted by atomic mass is 16.2. The molecule has 0 spiro atoms. The molecule has 3 rings (SSSR count). The number of nitrogens with zero attached hydrogens (tertiary/aromatic N) is 2. The summed E-state index contributed by atoms with van der Waals surface area (Å²) in [6.45, 7) is 0.940. The van der Waals surface area contributed by atoms with E-state index in [1.165, 1.54) is 0 Å². The van der Waals surface area contributed by atoms with Crippen molar-refractivity contribution in [1.29, 1.82) is 5.26 Å². The molecular formula is C11H15N3O. The monoisotopic (exact) mass is 205 g/mol. The van der Waals surface area contributed by atoms with Crippen molar-refractivity contribution in [2.24, 2.45) is 5.92 Å². The van der Waals surface area contributed by atoms with Gasteiger partial charge in [-0.25, -0.2) is 0 Å². The fourth-order valence-electron chi connectivity index (χ4n) is 2.96. The molecule has 1 aliphatic carbocycles. The minimum atomic E-state index is -0.149. The number of carbonyl (C=O) groups excluding carboxylic acids is 1. The lowest BCUT2D eigenvalue weighted by molar-refractivity contribution is -0.134. The average molecular weight is 205 g/mol. The Bertz CT molecular complexity index is 329. The van der Waals surface area contributed by atoms with Gasteiger partial charge in [0, 0.05) is 6.04 Å². The number of carbonyl (C=O) groups is 1. The summed E-state index contributed by atoms with van der Waals surface area (Å²) in [6, 6.07) is 2.49. The lowest BCUT2D eigenvalue weighted by Gasteiger charge is -2.25. The van der Waals surface area contributed by atoms with Gasteiger partial charge in [-0.2, -0.15) is 5.26 Å². The van der Waals surface area contributed by atoms with Crippen LogP contribution in [0.1, 0.15) is 25.7 Å². The molecule has 2 aliphatic heterocycles. The van der Waals surface area contributed by atoms with Crippen molar-refractivity contribution in [2.75, 3.05) is 6.54 Å². The number of amides is 1. The number of nitriles is 1. The second-order valence-corrected chi connectivity index (χ2v) is 4.84. The van der Waals surface area contributed by atoms with Crippen LogP contribution in [0, 0.1) is 17.2 Å². The smallest absolute Gasteiger partial charge is 0.241 e. The highest BCUT2D eigenvalue weighted by molar-refractivity contribution is 5.84. The van der Waals surface area contributed by atoms with E-state index in [0.29, 0.717) is 12.0 Å². The summed E-state index contributed by atoms with van der Waals surface area (Å²) in [7, 11) is 0. The Balaban J connectivity index is 1.75. The minimum Gasteiger partial charge on any atom is -0.322 e. The molecule has 0 aromatic carbocycles. The van der Waals surface area contributed by atoms with E-state index in [-0.39, 0.29) is 18.0 Å². The molecule has 4 nitrogen and oxygen atoms in total. The fraction of sp³-hybridized carbons (Fsp3) is 0.818. The Kier molecular flexibility index (Phi) is 1.96. The highest BCUT2D eigenvalue weighted by Gasteiger charge is 2.55. The van der Waals surface area contributed by atoms with Crippen LogP contribution >= 0.6 is 0 Å². The number of fused-ring (bicyclic) bond motifs is 1. The first-order valence-corrected chi connectivity index (χ1v) is 5.76. The van der Waals surface area contributed by atoms with Crippen LogP contribution in [-0.4, -0.2) is 35.5 Å². The molecule has 1 N–H and O–H groups in total. The van der Waals surface area contributed by atoms with Crippen molar-refractivity contribution in [3.8, 4) is 6.07 Å². The van der Waals surface area contributed by atoms with Gasteiger partial charge in [0.15, 0.2) is 0 Å². The van der Waals surface area contributed by atoms with E-state index < -0.39 is 0 Å². The molecule has 2 saturated heterocycles. The first-order valence-electron chi connectivity index (χ1n) is 5.76. The van der Waals surface area contributed by atoms with Crippen LogP contribution in [0.2, 0.25) is 0 Å². The van der Waals surface area contributed by atoms with E-state index in [1.807, 2.05) is 4.90 Å². The Hall–Kier alpha value is -1.08. The van der Waals surface area contributed by atoms with Gasteiger partial charge >= 0.3 is 0 Å². The molecule has 0 radical (unpaired) electrons. The number of rotatable bonds is 1. The van der Waals surface area contributed by atoms with Crippen molar-refractivity contribution in [1.82, 2.24) is 10.2 Å². The minimum absolute atomic E-state index is 0.0137. The Morgan fingerprint density at radius 1 is 1.47 bits per heavy atom. The average Bonchev–Trinajstić information content (AvgIpc) is 2.73. The van der Waals surface area contributed by atoms with Crippen molar-refractivity contribution < 1.29 is 4.79 Å². The maximum Gasteiger partial charge on any atom is 0.241 e. The fourth-order valence-corrected chi connectivity index (χ4v) is 2.96. The van der Waals surface area contributed by atoms with Crippen molar-refractivity contribution >= 4 is 5.91 Å². The zero-order chi connectivity index (χ0) is 10.4. The third-order valence-corrected chi connectivity index (χ3v) is 3.87. The van der Waals surface area contributed by atoms with E-state index >= 15 is 0 Å². The van der Waals surface area contributed by atoms with Gasteiger partial charge in [0.1, 0.15) is 6.04 Å². The van der Waals surface area contributed by atoms with Crippen LogP contribution in [0.15, 0.2) is 0 Å². The summed E-state index contributed by atoms with van der Waals surface area (Å²) in [4.78, 5) is 14.0. The van der Waals surface area contributed by atoms with Crippen LogP contribution < -0.4 is 5.32 Å². The van der Waals surface area contributed by atoms with Crippen molar-refractivity contribution in [2.45, 2.75) is 43.8 Å². The number of likely N-dealkylation sites (tertiary alicyclic amines) is 1. The third-order valence-electron chi connectivity index (χ3n) is 3.87. The van der Waals surface area contributed by atoms with Gasteiger partial charge in [0.25, 0.3) is 0 Å². The molecule has 4 heteroatoms. The van der Waals surface area contributed by atoms with Gasteiger partial charge in [-0.3, -0.25) is 4.79 Å². The quantitative estimate of drug-likeness (QED) is 0.667. The summed E-state index contributed by atoms with van der Waals surface area (Å²) < 4.78 is 0. The van der Waals surface area contributed by atoms with Crippen LogP contribution in [0.25, 0.3) is 0 Å². The summed E-state index contributed by atoms with van der Waals surface area (Å²) >= 11 is 0. The number of hydrogen-bond donors (Lipinski definition) is 1. The number of nitrogens with one attached hydrogen (secondary N) is 1. The summed E-state index contributed by atoms with van der Waals surface area (Å²) in [5.41, 5.74) is 0. The lowest BCUT2D eigenvalue weighted by Crippen LogP contribution is -2.47. The molecule has 1 unspecified atom stereocenters. The molecule has 3 aliphatic rings. The Labute approximate surface area is 89.2 Å². The molecule has 0 aromatic heterocycles. The summed E-state index contributed by atoms with van der Waals surface area (Å²) in [5, 5.41) is 12.2. The van der Waals surface area contributed by atoms with Gasteiger partial charge in [-0.15, -0.1) is 0 Å². The molecule has 1 saturated carbocycles. The standard InChI is InChI=1S/C11H15N3O/c12-6-8-4-7-5-10(7)14(8)11(15)9-2-1-3-13-9/h7-10,13H,1-5H2/t7-,8+,9?,10+/m1/s1. The maximum absolute atomic E-state index is 12.2. The first kappa shape index (κ1) is 9.17. The Morgan fingerprint density at radius 2 is 2.33 bits per heavy atom. The second kappa shape index (κ2) is 3.21. The molecule has 2 heterocycles. The van der Waals surface area contributed by atoms with E-state index in [9.17, 15) is 4.79 Å². The van der Waals surface area contributed by atoms with Gasteiger partial charge in [0.2, 0.25) is 5.91 Å². The van der Waals surface area contributed by atoms with Crippen LogP contribution in [-0.2, 0) is 4.79 Å². The first-order chi connectivity index (χ1) is 7.31. The normalized spacial score (nSPS) is 42.5. The zero-order valence-electron chi connectivity index (χ0n) is 8.65. The molecule has 1 amide bonds. The molecule has 0 aromatic rings. The predicted octanol–water partition coefficient (Wildman–Crippen LogP) is 0.251. The highest BCUT2D eigenvalue weighted by Crippen LogP contribution is 2.47. The molecule has 3 fully saturated rings. The van der Waals surface area contributed by atoms with Crippen LogP contribution in [0.4, 0.5) is 0 Å². The topological polar surface area (TPSA) is 56.1 Å². The molecule has 4 atom stereocenters. The van der Waals surface area contributed by atoms with Crippen molar-refractivity contribution in [3.63, 3.8) is 0 Å². The third kappa shape index (κ3) is 1.34. The largest absolute Gasteiger partial charge is 0.322 e. The summed E-state index contributed by atoms with van der Waals surface area (Å²) in [6.07, 6.45) is 4.04. The molecule has 0 bridgehead atoms. The lowest BCUT2D eigenvalue weighted by atomic mass is 10.1. The van der Waals surface area contributed by atoms with Gasteiger partial charge < -0.3 is 10.2 Å². The maximum atomic E-state index is 12.2. The predicted molar refractivity (Wildman–Crippen MR) is 53.8 cm³/mol. The van der Waals surface area contributed by atoms with E-state index in [2.05, 4.69) is 11.4 Å². The molecule has 80 valence electrons. The van der Waals surface area contributed by atoms with Gasteiger partial charge in [-0.05, 0) is 38.1 Å². The van der Waals surface area contributed by atoms with E-state index in [1.54, 1.807) is 0 Å².